The summed E-state index contributed by atoms with van der Waals surface area (Å²) < 4.78 is 0. The van der Waals surface area contributed by atoms with Gasteiger partial charge < -0.3 is 10.4 Å². The van der Waals surface area contributed by atoms with E-state index in [0.717, 1.165) is 0 Å². The van der Waals surface area contributed by atoms with Crippen molar-refractivity contribution in [3.63, 3.8) is 0 Å². The van der Waals surface area contributed by atoms with Crippen LogP contribution < -0.4 is 5.32 Å². The monoisotopic (exact) mass is 189 g/mol. The minimum Gasteiger partial charge on any atom is -0.481 e. The molecule has 0 bridgehead atoms. The molecule has 0 fully saturated rings. The van der Waals surface area contributed by atoms with Crippen molar-refractivity contribution in [1.82, 2.24) is 5.32 Å². The lowest BCUT2D eigenvalue weighted by Gasteiger charge is -2.40. The van der Waals surface area contributed by atoms with Gasteiger partial charge in [0.15, 0.2) is 0 Å². The summed E-state index contributed by atoms with van der Waals surface area (Å²) in [5.74, 6) is -1.85. The highest BCUT2D eigenvalue weighted by Gasteiger charge is 2.29. The molecule has 6 heteroatoms. The van der Waals surface area contributed by atoms with E-state index in [1.165, 1.54) is 0 Å². The molecule has 2 N–H and O–H groups in total. The molecule has 0 spiro atoms. The lowest BCUT2D eigenvalue weighted by Crippen LogP contribution is -2.58. The SMILES string of the molecule is [B]C(CC(=O)O)C([B])([B])NC(C)(C)C. The fourth-order valence-corrected chi connectivity index (χ4v) is 1.10. The van der Waals surface area contributed by atoms with E-state index >= 15 is 0 Å². The Balaban J connectivity index is 4.37. The number of hydrogen-bond acceptors (Lipinski definition) is 2. The summed E-state index contributed by atoms with van der Waals surface area (Å²) >= 11 is 0. The molecule has 0 aliphatic carbocycles. The first kappa shape index (κ1) is 13.6. The van der Waals surface area contributed by atoms with Gasteiger partial charge in [0.05, 0.1) is 23.5 Å². The Labute approximate surface area is 89.3 Å². The van der Waals surface area contributed by atoms with E-state index in [4.69, 9.17) is 28.6 Å². The zero-order valence-corrected chi connectivity index (χ0v) is 8.87. The van der Waals surface area contributed by atoms with Crippen molar-refractivity contribution in [3.8, 4) is 0 Å². The quantitative estimate of drug-likeness (QED) is 0.601. The first-order valence-corrected chi connectivity index (χ1v) is 4.39. The number of carboxylic acid groups (broad SMARTS) is 1. The second-order valence-electron chi connectivity index (χ2n) is 4.51. The molecule has 0 aromatic heterocycles. The Hall–Kier alpha value is -0.375. The van der Waals surface area contributed by atoms with E-state index in [-0.39, 0.29) is 12.0 Å². The lowest BCUT2D eigenvalue weighted by atomic mass is 9.48. The van der Waals surface area contributed by atoms with Gasteiger partial charge in [0.2, 0.25) is 0 Å². The average molecular weight is 189 g/mol. The fraction of sp³-hybridized carbons (Fsp3) is 0.875. The Bertz CT molecular complexity index is 213. The summed E-state index contributed by atoms with van der Waals surface area (Å²) in [5.41, 5.74) is -0.320. The Morgan fingerprint density at radius 3 is 2.14 bits per heavy atom. The standard InChI is InChI=1S/C8H14B3NO2/c1-7(2,3)12-8(10,11)5(9)4-6(13)14/h5,12H,4H2,1-3H3,(H,13,14). The van der Waals surface area contributed by atoms with E-state index in [1.807, 2.05) is 20.8 Å². The smallest absolute Gasteiger partial charge is 0.302 e. The molecule has 0 amide bonds. The number of rotatable bonds is 4. The Morgan fingerprint density at radius 2 is 1.86 bits per heavy atom. The van der Waals surface area contributed by atoms with Gasteiger partial charge in [-0.15, -0.1) is 0 Å². The highest BCUT2D eigenvalue weighted by Crippen LogP contribution is 2.20. The summed E-state index contributed by atoms with van der Waals surface area (Å²) in [4.78, 5) is 10.4. The number of carboxylic acids is 1. The molecule has 0 saturated carbocycles. The molecule has 0 rings (SSSR count). The summed E-state index contributed by atoms with van der Waals surface area (Å²) in [7, 11) is 16.9. The number of carbonyl (C=O) groups is 1. The number of aliphatic carboxylic acids is 1. The molecule has 0 aliphatic rings. The van der Waals surface area contributed by atoms with Crippen LogP contribution in [0.3, 0.4) is 0 Å². The predicted molar refractivity (Wildman–Crippen MR) is 58.9 cm³/mol. The van der Waals surface area contributed by atoms with Crippen molar-refractivity contribution in [2.75, 3.05) is 0 Å². The zero-order valence-electron chi connectivity index (χ0n) is 8.87. The maximum Gasteiger partial charge on any atom is 0.302 e. The van der Waals surface area contributed by atoms with Gasteiger partial charge in [-0.25, -0.2) is 0 Å². The third-order valence-electron chi connectivity index (χ3n) is 1.60. The van der Waals surface area contributed by atoms with Gasteiger partial charge in [-0.2, -0.15) is 0 Å². The third kappa shape index (κ3) is 5.38. The average Bonchev–Trinajstić information content (AvgIpc) is 1.78. The van der Waals surface area contributed by atoms with E-state index in [2.05, 4.69) is 5.32 Å². The molecule has 6 radical (unpaired) electrons. The van der Waals surface area contributed by atoms with Crippen molar-refractivity contribution < 1.29 is 9.90 Å². The summed E-state index contributed by atoms with van der Waals surface area (Å²) in [6.07, 6.45) is -0.268. The first-order valence-electron chi connectivity index (χ1n) is 4.39. The van der Waals surface area contributed by atoms with Gasteiger partial charge in [0.25, 0.3) is 0 Å². The van der Waals surface area contributed by atoms with E-state index in [0.29, 0.717) is 0 Å². The minimum absolute atomic E-state index is 0.268. The van der Waals surface area contributed by atoms with Crippen LogP contribution in [0.5, 0.6) is 0 Å². The minimum atomic E-state index is -1.38. The maximum atomic E-state index is 10.4. The fourth-order valence-electron chi connectivity index (χ4n) is 1.10. The van der Waals surface area contributed by atoms with E-state index < -0.39 is 17.1 Å². The molecule has 0 aromatic rings. The van der Waals surface area contributed by atoms with Crippen LogP contribution in [-0.4, -0.2) is 45.5 Å². The number of nitrogens with one attached hydrogen (secondary N) is 1. The van der Waals surface area contributed by atoms with Crippen molar-refractivity contribution in [2.45, 2.75) is 43.9 Å². The largest absolute Gasteiger partial charge is 0.481 e. The maximum absolute atomic E-state index is 10.4. The van der Waals surface area contributed by atoms with E-state index in [9.17, 15) is 4.79 Å². The number of hydrogen-bond donors (Lipinski definition) is 2. The molecule has 0 aromatic carbocycles. The second-order valence-corrected chi connectivity index (χ2v) is 4.51. The van der Waals surface area contributed by atoms with Crippen LogP contribution >= 0.6 is 0 Å². The summed E-state index contributed by atoms with van der Waals surface area (Å²) in [5, 5.41) is 10.0. The van der Waals surface area contributed by atoms with Crippen LogP contribution in [0.25, 0.3) is 0 Å². The predicted octanol–water partition coefficient (Wildman–Crippen LogP) is -0.203. The van der Waals surface area contributed by atoms with Gasteiger partial charge in [-0.05, 0) is 20.8 Å². The van der Waals surface area contributed by atoms with Crippen molar-refractivity contribution in [1.29, 1.82) is 0 Å². The Kier molecular flexibility index (Phi) is 4.31. The normalized spacial score (nSPS) is 15.1. The van der Waals surface area contributed by atoms with Crippen LogP contribution in [0.15, 0.2) is 0 Å². The van der Waals surface area contributed by atoms with Crippen molar-refractivity contribution >= 4 is 29.5 Å². The van der Waals surface area contributed by atoms with Gasteiger partial charge in [-0.1, -0.05) is 11.2 Å². The molecular weight excluding hydrogens is 175 g/mol. The van der Waals surface area contributed by atoms with Crippen LogP contribution in [0.4, 0.5) is 0 Å². The third-order valence-corrected chi connectivity index (χ3v) is 1.60. The summed E-state index contributed by atoms with van der Waals surface area (Å²) in [6.45, 7) is 5.61. The topological polar surface area (TPSA) is 49.3 Å². The van der Waals surface area contributed by atoms with E-state index in [1.54, 1.807) is 0 Å². The molecule has 3 nitrogen and oxygen atoms in total. The van der Waals surface area contributed by atoms with Gasteiger partial charge >= 0.3 is 5.97 Å². The molecular formula is C8H14B3NO2. The van der Waals surface area contributed by atoms with Crippen LogP contribution in [0.2, 0.25) is 5.82 Å². The first-order chi connectivity index (χ1) is 6.04. The molecule has 1 atom stereocenters. The molecule has 72 valence electrons. The second kappa shape index (κ2) is 4.43. The molecule has 14 heavy (non-hydrogen) atoms. The molecule has 0 heterocycles. The highest BCUT2D eigenvalue weighted by molar-refractivity contribution is 6.44. The van der Waals surface area contributed by atoms with Crippen molar-refractivity contribution in [2.24, 2.45) is 0 Å². The molecule has 0 saturated heterocycles. The zero-order chi connectivity index (χ0) is 11.6. The van der Waals surface area contributed by atoms with Gasteiger partial charge in [0, 0.05) is 12.0 Å². The summed E-state index contributed by atoms with van der Waals surface area (Å²) in [6, 6.07) is 0. The van der Waals surface area contributed by atoms with Gasteiger partial charge in [-0.3, -0.25) is 4.79 Å². The molecule has 0 aliphatic heterocycles. The van der Waals surface area contributed by atoms with Crippen LogP contribution in [0.1, 0.15) is 27.2 Å². The van der Waals surface area contributed by atoms with Gasteiger partial charge in [0.1, 0.15) is 0 Å². The van der Waals surface area contributed by atoms with Crippen molar-refractivity contribution in [3.05, 3.63) is 0 Å². The highest BCUT2D eigenvalue weighted by atomic mass is 16.4. The lowest BCUT2D eigenvalue weighted by molar-refractivity contribution is -0.137. The van der Waals surface area contributed by atoms with Crippen LogP contribution in [0, 0.1) is 0 Å². The Morgan fingerprint density at radius 1 is 1.43 bits per heavy atom. The van der Waals surface area contributed by atoms with Crippen LogP contribution in [-0.2, 0) is 4.79 Å². The molecule has 1 unspecified atom stereocenters.